The van der Waals surface area contributed by atoms with Gasteiger partial charge in [0.1, 0.15) is 11.8 Å². The topological polar surface area (TPSA) is 79.5 Å². The van der Waals surface area contributed by atoms with Crippen molar-refractivity contribution in [2.45, 2.75) is 56.5 Å². The van der Waals surface area contributed by atoms with Crippen molar-refractivity contribution < 1.29 is 14.3 Å². The van der Waals surface area contributed by atoms with E-state index in [9.17, 15) is 9.59 Å². The lowest BCUT2D eigenvalue weighted by Crippen LogP contribution is -2.49. The lowest BCUT2D eigenvalue weighted by atomic mass is 10.1. The number of hydrogen-bond donors (Lipinski definition) is 3. The molecule has 2 saturated carbocycles. The molecule has 6 nitrogen and oxygen atoms in total. The predicted octanol–water partition coefficient (Wildman–Crippen LogP) is 3.00. The highest BCUT2D eigenvalue weighted by atomic mass is 32.2. The Bertz CT molecular complexity index is 774. The van der Waals surface area contributed by atoms with Gasteiger partial charge in [0.2, 0.25) is 11.8 Å². The molecule has 3 fully saturated rings. The zero-order valence-corrected chi connectivity index (χ0v) is 17.4. The molecule has 29 heavy (non-hydrogen) atoms. The molecular weight excluding hydrogens is 386 g/mol. The minimum absolute atomic E-state index is 0.0817. The highest BCUT2D eigenvalue weighted by molar-refractivity contribution is 7.97. The van der Waals surface area contributed by atoms with E-state index >= 15 is 0 Å². The quantitative estimate of drug-likeness (QED) is 0.293. The summed E-state index contributed by atoms with van der Waals surface area (Å²) in [6.07, 6.45) is 10.6. The van der Waals surface area contributed by atoms with Gasteiger partial charge in [0, 0.05) is 12.2 Å². The average molecular weight is 416 g/mol. The van der Waals surface area contributed by atoms with E-state index in [4.69, 9.17) is 4.74 Å². The van der Waals surface area contributed by atoms with E-state index in [1.165, 1.54) is 18.4 Å². The van der Waals surface area contributed by atoms with Crippen molar-refractivity contribution in [1.82, 2.24) is 15.4 Å². The van der Waals surface area contributed by atoms with Gasteiger partial charge in [0.05, 0.1) is 12.1 Å². The van der Waals surface area contributed by atoms with Crippen LogP contribution in [0.5, 0.6) is 5.75 Å². The molecule has 0 spiro atoms. The summed E-state index contributed by atoms with van der Waals surface area (Å²) in [6, 6.07) is 8.21. The summed E-state index contributed by atoms with van der Waals surface area (Å²) in [5.74, 6) is 2.27. The molecule has 3 N–H and O–H groups in total. The predicted molar refractivity (Wildman–Crippen MR) is 114 cm³/mol. The Balaban J connectivity index is 1.15. The molecule has 4 rings (SSSR count). The molecule has 1 unspecified atom stereocenters. The molecule has 1 atom stereocenters. The average Bonchev–Trinajstić information content (AvgIpc) is 3.63. The molecule has 0 bridgehead atoms. The van der Waals surface area contributed by atoms with E-state index in [1.807, 2.05) is 12.3 Å². The van der Waals surface area contributed by atoms with Crippen LogP contribution in [0.4, 0.5) is 0 Å². The fraction of sp³-hybridized carbons (Fsp3) is 0.545. The number of piperidine rings is 1. The second-order valence-corrected chi connectivity index (χ2v) is 9.08. The van der Waals surface area contributed by atoms with Crippen molar-refractivity contribution in [2.75, 3.05) is 12.4 Å². The second kappa shape index (κ2) is 9.22. The highest BCUT2D eigenvalue weighted by Crippen LogP contribution is 2.47. The first-order chi connectivity index (χ1) is 14.1. The van der Waals surface area contributed by atoms with Crippen molar-refractivity contribution in [2.24, 2.45) is 5.92 Å². The van der Waals surface area contributed by atoms with E-state index in [-0.39, 0.29) is 23.4 Å². The zero-order chi connectivity index (χ0) is 20.1. The summed E-state index contributed by atoms with van der Waals surface area (Å²) in [7, 11) is 0. The van der Waals surface area contributed by atoms with Crippen LogP contribution in [0.25, 0.3) is 0 Å². The van der Waals surface area contributed by atoms with Gasteiger partial charge in [-0.25, -0.2) is 0 Å². The molecule has 1 heterocycles. The van der Waals surface area contributed by atoms with E-state index in [0.29, 0.717) is 12.8 Å². The molecule has 1 saturated heterocycles. The molecular formula is C22H29N3O3S. The van der Waals surface area contributed by atoms with Crippen LogP contribution in [-0.4, -0.2) is 30.2 Å². The lowest BCUT2D eigenvalue weighted by Gasteiger charge is -2.20. The van der Waals surface area contributed by atoms with E-state index < -0.39 is 0 Å². The molecule has 0 aromatic heterocycles. The van der Waals surface area contributed by atoms with Crippen LogP contribution in [0, 0.1) is 5.92 Å². The van der Waals surface area contributed by atoms with Gasteiger partial charge in [-0.15, -0.1) is 0 Å². The van der Waals surface area contributed by atoms with Crippen molar-refractivity contribution in [1.29, 1.82) is 0 Å². The zero-order valence-electron chi connectivity index (χ0n) is 16.6. The Hall–Kier alpha value is -1.99. The number of amides is 2. The third-order valence-electron chi connectivity index (χ3n) is 5.63. The fourth-order valence-corrected chi connectivity index (χ4v) is 4.35. The van der Waals surface area contributed by atoms with Gasteiger partial charge in [-0.2, -0.15) is 0 Å². The minimum atomic E-state index is -0.307. The summed E-state index contributed by atoms with van der Waals surface area (Å²) >= 11 is 1.74. The number of nitrogens with one attached hydrogen (secondary N) is 3. The van der Waals surface area contributed by atoms with Gasteiger partial charge in [-0.05, 0) is 68.3 Å². The number of allylic oxidation sites excluding steroid dienone is 1. The Morgan fingerprint density at radius 1 is 1.24 bits per heavy atom. The normalized spacial score (nSPS) is 23.1. The van der Waals surface area contributed by atoms with E-state index in [0.717, 1.165) is 43.3 Å². The Labute approximate surface area is 176 Å². The van der Waals surface area contributed by atoms with E-state index in [2.05, 4.69) is 39.6 Å². The monoisotopic (exact) mass is 415 g/mol. The first-order valence-corrected chi connectivity index (χ1v) is 11.5. The molecule has 1 aromatic rings. The second-order valence-electron chi connectivity index (χ2n) is 8.18. The Morgan fingerprint density at radius 3 is 2.86 bits per heavy atom. The number of hydrogen-bond acceptors (Lipinski definition) is 6. The van der Waals surface area contributed by atoms with Crippen LogP contribution >= 0.6 is 11.9 Å². The van der Waals surface area contributed by atoms with Gasteiger partial charge in [0.25, 0.3) is 0 Å². The molecule has 3 aliphatic rings. The Kier molecular flexibility index (Phi) is 6.45. The fourth-order valence-electron chi connectivity index (χ4n) is 3.39. The van der Waals surface area contributed by atoms with Crippen molar-refractivity contribution in [3.8, 4) is 5.75 Å². The molecule has 2 aliphatic carbocycles. The summed E-state index contributed by atoms with van der Waals surface area (Å²) in [4.78, 5) is 22.8. The first-order valence-electron chi connectivity index (χ1n) is 10.5. The summed E-state index contributed by atoms with van der Waals surface area (Å²) < 4.78 is 9.58. The molecule has 0 radical (unpaired) electrons. The van der Waals surface area contributed by atoms with Gasteiger partial charge in [0.15, 0.2) is 0 Å². The van der Waals surface area contributed by atoms with Crippen LogP contribution in [0.15, 0.2) is 36.5 Å². The van der Waals surface area contributed by atoms with Crippen molar-refractivity contribution in [3.05, 3.63) is 42.1 Å². The smallest absolute Gasteiger partial charge is 0.249 e. The molecule has 1 aromatic carbocycles. The number of ether oxygens (including phenoxy) is 1. The number of carbonyl (C=O) groups is 2. The van der Waals surface area contributed by atoms with Crippen LogP contribution in [0.2, 0.25) is 0 Å². The van der Waals surface area contributed by atoms with Gasteiger partial charge in [-0.3, -0.25) is 19.6 Å². The number of rotatable bonds is 11. The number of benzene rings is 1. The minimum Gasteiger partial charge on any atom is -0.493 e. The van der Waals surface area contributed by atoms with Gasteiger partial charge in [-0.1, -0.05) is 30.2 Å². The maximum Gasteiger partial charge on any atom is 0.249 e. The van der Waals surface area contributed by atoms with Crippen LogP contribution in [0.3, 0.4) is 0 Å². The Morgan fingerprint density at radius 2 is 2.10 bits per heavy atom. The van der Waals surface area contributed by atoms with Crippen LogP contribution in [-0.2, 0) is 15.1 Å². The van der Waals surface area contributed by atoms with Gasteiger partial charge >= 0.3 is 0 Å². The maximum absolute atomic E-state index is 11.7. The SMILES string of the molecule is O=C1CCC(N/C=C/CCSNC2(c3cccc(OCC4CC4)c3)CC2)C(=O)N1. The third kappa shape index (κ3) is 5.76. The van der Waals surface area contributed by atoms with Crippen molar-refractivity contribution >= 4 is 23.8 Å². The third-order valence-corrected chi connectivity index (χ3v) is 6.60. The molecule has 156 valence electrons. The molecule has 2 amide bonds. The first kappa shape index (κ1) is 20.3. The standard InChI is InChI=1S/C22H29N3O3S/c26-20-9-8-19(21(27)24-20)23-12-1-2-13-29-25-22(10-11-22)17-4-3-5-18(14-17)28-15-16-6-7-16/h1,3-5,12,14,16,19,23,25H,2,6-11,13,15H2,(H,24,26,27)/b12-1+. The van der Waals surface area contributed by atoms with Crippen LogP contribution in [0.1, 0.15) is 50.5 Å². The number of imide groups is 1. The summed E-state index contributed by atoms with van der Waals surface area (Å²) in [5.41, 5.74) is 1.39. The summed E-state index contributed by atoms with van der Waals surface area (Å²) in [6.45, 7) is 0.845. The number of carbonyl (C=O) groups excluding carboxylic acids is 2. The van der Waals surface area contributed by atoms with Crippen LogP contribution < -0.4 is 20.1 Å². The van der Waals surface area contributed by atoms with Gasteiger partial charge < -0.3 is 10.1 Å². The molecule has 7 heteroatoms. The van der Waals surface area contributed by atoms with E-state index in [1.54, 1.807) is 11.9 Å². The lowest BCUT2D eigenvalue weighted by molar-refractivity contribution is -0.134. The highest BCUT2D eigenvalue weighted by Gasteiger charge is 2.44. The largest absolute Gasteiger partial charge is 0.493 e. The summed E-state index contributed by atoms with van der Waals surface area (Å²) in [5, 5.41) is 5.43. The molecule has 1 aliphatic heterocycles. The maximum atomic E-state index is 11.7. The van der Waals surface area contributed by atoms with Crippen molar-refractivity contribution in [3.63, 3.8) is 0 Å².